The van der Waals surface area contributed by atoms with E-state index in [0.29, 0.717) is 16.6 Å². The van der Waals surface area contributed by atoms with Gasteiger partial charge in [0.25, 0.3) is 0 Å². The van der Waals surface area contributed by atoms with Gasteiger partial charge in [-0.3, -0.25) is 10.1 Å². The third-order valence-electron chi connectivity index (χ3n) is 6.73. The fourth-order valence-corrected chi connectivity index (χ4v) is 5.16. The largest absolute Gasteiger partial charge is 0.496 e. The van der Waals surface area contributed by atoms with E-state index in [1.807, 2.05) is 49.4 Å². The molecule has 0 saturated carbocycles. The number of Topliss-reactive ketones (excluding diaryl/α,β-unsaturated/α-hetero) is 1. The lowest BCUT2D eigenvalue weighted by atomic mass is 9.75. The quantitative estimate of drug-likeness (QED) is 0.299. The number of ketones is 1. The predicted molar refractivity (Wildman–Crippen MR) is 152 cm³/mol. The molecule has 2 N–H and O–H groups in total. The van der Waals surface area contributed by atoms with Gasteiger partial charge in [0.2, 0.25) is 0 Å². The molecule has 0 spiro atoms. The molecule has 0 bridgehead atoms. The third-order valence-corrected chi connectivity index (χ3v) is 7.47. The van der Waals surface area contributed by atoms with Gasteiger partial charge in [-0.25, -0.2) is 0 Å². The Balaban J connectivity index is 0.00000380. The minimum Gasteiger partial charge on any atom is -0.496 e. The fourth-order valence-electron chi connectivity index (χ4n) is 4.84. The van der Waals surface area contributed by atoms with Gasteiger partial charge in [-0.1, -0.05) is 77.8 Å². The summed E-state index contributed by atoms with van der Waals surface area (Å²) in [7, 11) is 1.67. The van der Waals surface area contributed by atoms with Crippen molar-refractivity contribution in [2.75, 3.05) is 13.7 Å². The average molecular weight is 564 g/mol. The summed E-state index contributed by atoms with van der Waals surface area (Å²) in [6.07, 6.45) is -0.000207. The van der Waals surface area contributed by atoms with Crippen LogP contribution in [0.3, 0.4) is 0 Å². The fraction of sp³-hybridized carbons (Fsp3) is 0.345. The topological polar surface area (TPSA) is 59.6 Å². The van der Waals surface area contributed by atoms with Gasteiger partial charge >= 0.3 is 0 Å². The number of piperidine rings is 1. The monoisotopic (exact) mass is 562 g/mol. The van der Waals surface area contributed by atoms with Crippen molar-refractivity contribution >= 4 is 41.4 Å². The molecule has 3 aromatic carbocycles. The van der Waals surface area contributed by atoms with E-state index in [4.69, 9.17) is 32.7 Å². The maximum absolute atomic E-state index is 14.0. The van der Waals surface area contributed by atoms with E-state index < -0.39 is 6.10 Å². The van der Waals surface area contributed by atoms with Crippen LogP contribution in [0, 0.1) is 5.92 Å². The summed E-state index contributed by atoms with van der Waals surface area (Å²) in [6, 6.07) is 23.5. The molecule has 0 radical (unpaired) electrons. The van der Waals surface area contributed by atoms with Gasteiger partial charge in [-0.2, -0.15) is 0 Å². The van der Waals surface area contributed by atoms with E-state index in [1.54, 1.807) is 19.2 Å². The van der Waals surface area contributed by atoms with Crippen LogP contribution in [0.15, 0.2) is 72.8 Å². The zero-order chi connectivity index (χ0) is 25.5. The van der Waals surface area contributed by atoms with E-state index >= 15 is 0 Å². The summed E-state index contributed by atoms with van der Waals surface area (Å²) in [5.41, 5.74) is 3.07. The van der Waals surface area contributed by atoms with Gasteiger partial charge in [0.15, 0.2) is 5.78 Å². The number of ether oxygens (including phenoxy) is 2. The van der Waals surface area contributed by atoms with Crippen molar-refractivity contribution in [1.82, 2.24) is 10.6 Å². The Labute approximate surface area is 235 Å². The molecule has 8 heteroatoms. The van der Waals surface area contributed by atoms with E-state index in [9.17, 15) is 4.79 Å². The van der Waals surface area contributed by atoms with Gasteiger partial charge in [0.1, 0.15) is 11.9 Å². The van der Waals surface area contributed by atoms with E-state index in [-0.39, 0.29) is 42.8 Å². The Morgan fingerprint density at radius 3 is 2.49 bits per heavy atom. The minimum absolute atomic E-state index is 0. The second-order valence-corrected chi connectivity index (χ2v) is 9.88. The van der Waals surface area contributed by atoms with E-state index in [2.05, 4.69) is 28.8 Å². The summed E-state index contributed by atoms with van der Waals surface area (Å²) >= 11 is 12.2. The molecule has 1 heterocycles. The summed E-state index contributed by atoms with van der Waals surface area (Å²) in [5, 5.41) is 8.09. The second-order valence-electron chi connectivity index (χ2n) is 9.07. The third kappa shape index (κ3) is 7.47. The smallest absolute Gasteiger partial charge is 0.167 e. The average Bonchev–Trinajstić information content (AvgIpc) is 2.92. The van der Waals surface area contributed by atoms with Crippen molar-refractivity contribution in [3.63, 3.8) is 0 Å². The number of nitrogens with one attached hydrogen (secondary N) is 2. The predicted octanol–water partition coefficient (Wildman–Crippen LogP) is 6.41. The first-order valence-electron chi connectivity index (χ1n) is 12.2. The first kappa shape index (κ1) is 29.4. The van der Waals surface area contributed by atoms with Crippen LogP contribution in [-0.2, 0) is 22.7 Å². The van der Waals surface area contributed by atoms with Crippen LogP contribution in [0.5, 0.6) is 5.75 Å². The first-order chi connectivity index (χ1) is 17.5. The standard InChI is InChI=1S/C29H32Cl2N2O3.ClH/c1-19(36-18-21-12-13-24(30)25(31)16-21)28(34)27-23(22-10-6-7-11-26(22)35-2)14-15-32-29(27)33-17-20-8-4-3-5-9-20;/h3-13,16,19,23,27,29,32-33H,14-15,17-18H2,1-2H3;1H. The van der Waals surface area contributed by atoms with Crippen LogP contribution in [0.25, 0.3) is 0 Å². The summed E-state index contributed by atoms with van der Waals surface area (Å²) in [6.45, 7) is 3.53. The highest BCUT2D eigenvalue weighted by atomic mass is 35.5. The summed E-state index contributed by atoms with van der Waals surface area (Å²) in [4.78, 5) is 14.0. The van der Waals surface area contributed by atoms with Crippen molar-refractivity contribution in [1.29, 1.82) is 0 Å². The number of hydrogen-bond donors (Lipinski definition) is 2. The summed E-state index contributed by atoms with van der Waals surface area (Å²) in [5.74, 6) is 0.485. The number of carbonyl (C=O) groups is 1. The lowest BCUT2D eigenvalue weighted by Crippen LogP contribution is -2.57. The molecule has 5 nitrogen and oxygen atoms in total. The molecule has 198 valence electrons. The highest BCUT2D eigenvalue weighted by molar-refractivity contribution is 6.42. The number of benzene rings is 3. The number of methoxy groups -OCH3 is 1. The number of para-hydroxylation sites is 1. The number of carbonyl (C=O) groups excluding carboxylic acids is 1. The number of hydrogen-bond acceptors (Lipinski definition) is 5. The molecule has 4 atom stereocenters. The van der Waals surface area contributed by atoms with Crippen molar-refractivity contribution < 1.29 is 14.3 Å². The second kappa shape index (κ2) is 14.1. The van der Waals surface area contributed by atoms with Gasteiger partial charge in [-0.15, -0.1) is 12.4 Å². The Hall–Kier alpha value is -2.12. The lowest BCUT2D eigenvalue weighted by Gasteiger charge is -2.40. The molecule has 1 fully saturated rings. The zero-order valence-electron chi connectivity index (χ0n) is 21.0. The molecule has 37 heavy (non-hydrogen) atoms. The van der Waals surface area contributed by atoms with Crippen molar-refractivity contribution in [2.45, 2.75) is 44.7 Å². The molecule has 0 aliphatic carbocycles. The van der Waals surface area contributed by atoms with Crippen LogP contribution in [-0.4, -0.2) is 31.7 Å². The first-order valence-corrected chi connectivity index (χ1v) is 13.0. The highest BCUT2D eigenvalue weighted by Crippen LogP contribution is 2.39. The van der Waals surface area contributed by atoms with Gasteiger partial charge < -0.3 is 14.8 Å². The van der Waals surface area contributed by atoms with Crippen LogP contribution in [0.2, 0.25) is 10.0 Å². The molecule has 1 aliphatic heterocycles. The van der Waals surface area contributed by atoms with Crippen molar-refractivity contribution in [3.05, 3.63) is 99.5 Å². The van der Waals surface area contributed by atoms with Crippen LogP contribution in [0.1, 0.15) is 36.0 Å². The maximum atomic E-state index is 14.0. The zero-order valence-corrected chi connectivity index (χ0v) is 23.3. The molecule has 3 aromatic rings. The molecule has 4 rings (SSSR count). The Morgan fingerprint density at radius 1 is 1.03 bits per heavy atom. The molecule has 1 saturated heterocycles. The van der Waals surface area contributed by atoms with Crippen LogP contribution in [0.4, 0.5) is 0 Å². The van der Waals surface area contributed by atoms with Gasteiger partial charge in [-0.05, 0) is 54.8 Å². The van der Waals surface area contributed by atoms with Crippen LogP contribution < -0.4 is 15.4 Å². The minimum atomic E-state index is -0.609. The SMILES string of the molecule is COc1ccccc1C1CCNC(NCc2ccccc2)C1C(=O)C(C)OCc1ccc(Cl)c(Cl)c1.Cl. The Kier molecular flexibility index (Phi) is 11.3. The molecule has 0 amide bonds. The van der Waals surface area contributed by atoms with Gasteiger partial charge in [0.05, 0.1) is 35.8 Å². The highest BCUT2D eigenvalue weighted by Gasteiger charge is 2.41. The summed E-state index contributed by atoms with van der Waals surface area (Å²) < 4.78 is 11.7. The Morgan fingerprint density at radius 2 is 1.76 bits per heavy atom. The van der Waals surface area contributed by atoms with E-state index in [1.165, 1.54) is 0 Å². The van der Waals surface area contributed by atoms with E-state index in [0.717, 1.165) is 35.4 Å². The molecular weight excluding hydrogens is 531 g/mol. The van der Waals surface area contributed by atoms with Crippen LogP contribution >= 0.6 is 35.6 Å². The lowest BCUT2D eigenvalue weighted by molar-refractivity contribution is -0.137. The van der Waals surface area contributed by atoms with Crippen molar-refractivity contribution in [2.24, 2.45) is 5.92 Å². The van der Waals surface area contributed by atoms with Gasteiger partial charge in [0, 0.05) is 12.5 Å². The molecule has 1 aliphatic rings. The number of halogens is 3. The maximum Gasteiger partial charge on any atom is 0.167 e. The Bertz CT molecular complexity index is 1160. The normalized spacial score (nSPS) is 20.1. The molecular formula is C29H33Cl3N2O3. The molecule has 0 aromatic heterocycles. The number of rotatable bonds is 10. The van der Waals surface area contributed by atoms with Crippen molar-refractivity contribution in [3.8, 4) is 5.75 Å². The molecule has 4 unspecified atom stereocenters.